The largest absolute Gasteiger partial charge is 0.423 e. The summed E-state index contributed by atoms with van der Waals surface area (Å²) in [6, 6.07) is 6.34. The summed E-state index contributed by atoms with van der Waals surface area (Å²) in [6.45, 7) is 1.92. The van der Waals surface area contributed by atoms with Crippen molar-refractivity contribution in [3.63, 3.8) is 0 Å². The maximum absolute atomic E-state index is 6.08. The molecule has 1 aliphatic carbocycles. The SMILES string of the molecule is c1ccn2c(CN3CCCC[C@H]3c3nnc(C4CCC4)o3)cnc2c1. The highest BCUT2D eigenvalue weighted by molar-refractivity contribution is 5.39. The van der Waals surface area contributed by atoms with Gasteiger partial charge in [-0.15, -0.1) is 10.2 Å². The van der Waals surface area contributed by atoms with Gasteiger partial charge >= 0.3 is 0 Å². The Labute approximate surface area is 146 Å². The van der Waals surface area contributed by atoms with Crippen molar-refractivity contribution in [1.82, 2.24) is 24.5 Å². The van der Waals surface area contributed by atoms with E-state index in [1.54, 1.807) is 0 Å². The van der Waals surface area contributed by atoms with Crippen molar-refractivity contribution in [1.29, 1.82) is 0 Å². The van der Waals surface area contributed by atoms with Crippen molar-refractivity contribution in [3.05, 3.63) is 48.1 Å². The van der Waals surface area contributed by atoms with Crippen LogP contribution in [-0.4, -0.2) is 31.0 Å². The van der Waals surface area contributed by atoms with E-state index in [1.807, 2.05) is 18.3 Å². The summed E-state index contributed by atoms with van der Waals surface area (Å²) in [7, 11) is 0. The average molecular weight is 337 g/mol. The van der Waals surface area contributed by atoms with Crippen LogP contribution in [0.2, 0.25) is 0 Å². The van der Waals surface area contributed by atoms with E-state index in [2.05, 4.69) is 36.7 Å². The standard InChI is InChI=1S/C19H23N5O/c1-3-10-23(13-15-12-20-17-9-2-4-11-24(15)17)16(8-1)19-22-21-18(25-19)14-6-5-7-14/h2,4,9,11-12,14,16H,1,3,5-8,10,13H2/t16-/m0/s1. The van der Waals surface area contributed by atoms with Crippen molar-refractivity contribution in [2.75, 3.05) is 6.54 Å². The van der Waals surface area contributed by atoms with Crippen molar-refractivity contribution in [2.24, 2.45) is 0 Å². The number of fused-ring (bicyclic) bond motifs is 1. The molecule has 1 atom stereocenters. The summed E-state index contributed by atoms with van der Waals surface area (Å²) >= 11 is 0. The maximum Gasteiger partial charge on any atom is 0.233 e. The number of aromatic nitrogens is 4. The molecule has 0 radical (unpaired) electrons. The van der Waals surface area contributed by atoms with E-state index < -0.39 is 0 Å². The van der Waals surface area contributed by atoms with Gasteiger partial charge in [0.1, 0.15) is 5.65 Å². The lowest BCUT2D eigenvalue weighted by atomic mass is 9.85. The predicted molar refractivity (Wildman–Crippen MR) is 93.1 cm³/mol. The zero-order valence-corrected chi connectivity index (χ0v) is 14.3. The normalized spacial score (nSPS) is 22.3. The highest BCUT2D eigenvalue weighted by Crippen LogP contribution is 2.38. The van der Waals surface area contributed by atoms with Crippen LogP contribution in [0.5, 0.6) is 0 Å². The Hall–Kier alpha value is -2.21. The first-order valence-electron chi connectivity index (χ1n) is 9.37. The lowest BCUT2D eigenvalue weighted by molar-refractivity contribution is 0.113. The summed E-state index contributed by atoms with van der Waals surface area (Å²) in [6.07, 6.45) is 11.3. The molecule has 3 aromatic rings. The van der Waals surface area contributed by atoms with Gasteiger partial charge in [0.15, 0.2) is 0 Å². The molecule has 1 saturated heterocycles. The number of piperidine rings is 1. The van der Waals surface area contributed by atoms with Crippen LogP contribution in [0.1, 0.15) is 68.0 Å². The van der Waals surface area contributed by atoms with Crippen molar-refractivity contribution < 1.29 is 4.42 Å². The molecule has 0 amide bonds. The molecule has 2 fully saturated rings. The van der Waals surface area contributed by atoms with Crippen LogP contribution in [0.25, 0.3) is 5.65 Å². The van der Waals surface area contributed by atoms with E-state index in [-0.39, 0.29) is 6.04 Å². The number of rotatable bonds is 4. The fourth-order valence-corrected chi connectivity index (χ4v) is 3.97. The van der Waals surface area contributed by atoms with Crippen molar-refractivity contribution >= 4 is 5.65 Å². The molecule has 0 N–H and O–H groups in total. The third kappa shape index (κ3) is 2.74. The summed E-state index contributed by atoms with van der Waals surface area (Å²) in [4.78, 5) is 6.98. The van der Waals surface area contributed by atoms with E-state index in [0.29, 0.717) is 5.92 Å². The molecule has 0 bridgehead atoms. The molecule has 0 spiro atoms. The molecular formula is C19H23N5O. The topological polar surface area (TPSA) is 59.5 Å². The molecule has 130 valence electrons. The van der Waals surface area contributed by atoms with Crippen LogP contribution in [0.4, 0.5) is 0 Å². The van der Waals surface area contributed by atoms with Gasteiger partial charge in [0.05, 0.1) is 17.9 Å². The fourth-order valence-electron chi connectivity index (χ4n) is 3.97. The molecule has 5 rings (SSSR count). The minimum absolute atomic E-state index is 0.226. The first-order valence-corrected chi connectivity index (χ1v) is 9.37. The Bertz CT molecular complexity index is 865. The number of hydrogen-bond donors (Lipinski definition) is 0. The molecule has 0 unspecified atom stereocenters. The van der Waals surface area contributed by atoms with Crippen molar-refractivity contribution in [2.45, 2.75) is 57.0 Å². The van der Waals surface area contributed by atoms with Gasteiger partial charge in [-0.3, -0.25) is 4.90 Å². The average Bonchev–Trinajstić information content (AvgIpc) is 3.22. The van der Waals surface area contributed by atoms with Crippen LogP contribution in [0.15, 0.2) is 35.0 Å². The molecule has 0 aromatic carbocycles. The smallest absolute Gasteiger partial charge is 0.233 e. The van der Waals surface area contributed by atoms with Gasteiger partial charge in [-0.05, 0) is 44.4 Å². The van der Waals surface area contributed by atoms with Gasteiger partial charge in [0.25, 0.3) is 0 Å². The Kier molecular flexibility index (Phi) is 3.77. The Morgan fingerprint density at radius 2 is 1.96 bits per heavy atom. The molecule has 25 heavy (non-hydrogen) atoms. The third-order valence-electron chi connectivity index (χ3n) is 5.67. The molecule has 4 heterocycles. The molecule has 3 aromatic heterocycles. The number of likely N-dealkylation sites (tertiary alicyclic amines) is 1. The van der Waals surface area contributed by atoms with Crippen LogP contribution in [0, 0.1) is 0 Å². The maximum atomic E-state index is 6.08. The highest BCUT2D eigenvalue weighted by atomic mass is 16.4. The van der Waals surface area contributed by atoms with Gasteiger partial charge in [0.2, 0.25) is 11.8 Å². The van der Waals surface area contributed by atoms with Gasteiger partial charge in [-0.1, -0.05) is 18.9 Å². The van der Waals surface area contributed by atoms with Crippen LogP contribution >= 0.6 is 0 Å². The Morgan fingerprint density at radius 3 is 2.84 bits per heavy atom. The minimum Gasteiger partial charge on any atom is -0.423 e. The van der Waals surface area contributed by atoms with Gasteiger partial charge in [-0.25, -0.2) is 4.98 Å². The van der Waals surface area contributed by atoms with Gasteiger partial charge in [0, 0.05) is 18.7 Å². The van der Waals surface area contributed by atoms with E-state index in [0.717, 1.165) is 36.9 Å². The second kappa shape index (κ2) is 6.26. The zero-order chi connectivity index (χ0) is 16.6. The lowest BCUT2D eigenvalue weighted by Gasteiger charge is -2.33. The summed E-state index contributed by atoms with van der Waals surface area (Å²) in [5.41, 5.74) is 2.21. The molecule has 1 saturated carbocycles. The fraction of sp³-hybridized carbons (Fsp3) is 0.526. The molecule has 2 aliphatic rings. The molecule has 6 nitrogen and oxygen atoms in total. The molecular weight excluding hydrogens is 314 g/mol. The Morgan fingerprint density at radius 1 is 1.04 bits per heavy atom. The lowest BCUT2D eigenvalue weighted by Crippen LogP contribution is -2.33. The second-order valence-electron chi connectivity index (χ2n) is 7.27. The van der Waals surface area contributed by atoms with Gasteiger partial charge in [-0.2, -0.15) is 0 Å². The Balaban J connectivity index is 1.39. The first-order chi connectivity index (χ1) is 12.4. The van der Waals surface area contributed by atoms with Crippen LogP contribution < -0.4 is 0 Å². The van der Waals surface area contributed by atoms with Crippen LogP contribution in [0.3, 0.4) is 0 Å². The van der Waals surface area contributed by atoms with Crippen molar-refractivity contribution in [3.8, 4) is 0 Å². The van der Waals surface area contributed by atoms with E-state index in [9.17, 15) is 0 Å². The van der Waals surface area contributed by atoms with E-state index in [4.69, 9.17) is 4.42 Å². The number of hydrogen-bond acceptors (Lipinski definition) is 5. The quantitative estimate of drug-likeness (QED) is 0.726. The van der Waals surface area contributed by atoms with E-state index >= 15 is 0 Å². The molecule has 6 heteroatoms. The van der Waals surface area contributed by atoms with Gasteiger partial charge < -0.3 is 8.82 Å². The second-order valence-corrected chi connectivity index (χ2v) is 7.27. The minimum atomic E-state index is 0.226. The predicted octanol–water partition coefficient (Wildman–Crippen LogP) is 3.71. The molecule has 1 aliphatic heterocycles. The summed E-state index contributed by atoms with van der Waals surface area (Å²) < 4.78 is 8.24. The highest BCUT2D eigenvalue weighted by Gasteiger charge is 2.31. The summed E-state index contributed by atoms with van der Waals surface area (Å²) in [5.74, 6) is 2.15. The number of imidazole rings is 1. The third-order valence-corrected chi connectivity index (χ3v) is 5.67. The number of nitrogens with zero attached hydrogens (tertiary/aromatic N) is 5. The van der Waals surface area contributed by atoms with E-state index in [1.165, 1.54) is 37.8 Å². The monoisotopic (exact) mass is 337 g/mol. The summed E-state index contributed by atoms with van der Waals surface area (Å²) in [5, 5.41) is 8.74. The number of pyridine rings is 1. The van der Waals surface area contributed by atoms with Crippen LogP contribution in [-0.2, 0) is 6.54 Å². The zero-order valence-electron chi connectivity index (χ0n) is 14.3. The first kappa shape index (κ1) is 15.1.